The van der Waals surface area contributed by atoms with Crippen molar-refractivity contribution in [1.82, 2.24) is 50.8 Å². The molecule has 2 aromatic carbocycles. The molecule has 0 bridgehead atoms. The SMILES string of the molecule is CN[C@@H](C)C(=O)N[C@H](C(=O)N1C[C@@H](NC(=O)CCOCCOCCOCCOCCC(=O)N2CCC(c3ccc(Nc4nc(N5CCC[C@@H](N6CCN(C)C6=O)C5)cnc4C(N)=O)cc3)CC2)C[C@H]1C(=O)N[C@@H]1CCCc2ccccc21)C1CCCCC1. The Balaban J connectivity index is 0.619. The molecule has 6 atom stereocenters. The smallest absolute Gasteiger partial charge is 0.320 e. The minimum Gasteiger partial charge on any atom is -0.379 e. The van der Waals surface area contributed by atoms with Gasteiger partial charge in [-0.1, -0.05) is 55.7 Å². The van der Waals surface area contributed by atoms with Gasteiger partial charge < -0.3 is 75.8 Å². The predicted molar refractivity (Wildman–Crippen MR) is 331 cm³/mol. The van der Waals surface area contributed by atoms with Gasteiger partial charge in [-0.05, 0) is 119 Å². The van der Waals surface area contributed by atoms with Crippen LogP contribution in [0, 0.1) is 5.92 Å². The van der Waals surface area contributed by atoms with E-state index in [4.69, 9.17) is 29.7 Å². The van der Waals surface area contributed by atoms with Gasteiger partial charge in [0.2, 0.25) is 29.5 Å². The number of nitrogens with zero attached hydrogens (tertiary/aromatic N) is 7. The molecule has 4 saturated heterocycles. The fourth-order valence-electron chi connectivity index (χ4n) is 13.2. The molecule has 1 saturated carbocycles. The molecule has 7 N–H and O–H groups in total. The van der Waals surface area contributed by atoms with Crippen LogP contribution in [0.2, 0.25) is 0 Å². The lowest BCUT2D eigenvalue weighted by Gasteiger charge is -2.37. The van der Waals surface area contributed by atoms with Gasteiger partial charge in [-0.15, -0.1) is 0 Å². The zero-order valence-electron chi connectivity index (χ0n) is 51.7. The number of amides is 8. The number of carbonyl (C=O) groups excluding carboxylic acids is 7. The van der Waals surface area contributed by atoms with Crippen molar-refractivity contribution >= 4 is 58.8 Å². The van der Waals surface area contributed by atoms with Crippen LogP contribution in [0.5, 0.6) is 0 Å². The molecule has 0 unspecified atom stereocenters. The first-order chi connectivity index (χ1) is 42.7. The second kappa shape index (κ2) is 32.5. The van der Waals surface area contributed by atoms with Crippen LogP contribution in [-0.2, 0) is 49.3 Å². The summed E-state index contributed by atoms with van der Waals surface area (Å²) in [5, 5.41) is 15.6. The van der Waals surface area contributed by atoms with Gasteiger partial charge in [-0.3, -0.25) is 28.8 Å². The third kappa shape index (κ3) is 17.7. The molecule has 2 aliphatic carbocycles. The molecule has 6 aliphatic rings. The van der Waals surface area contributed by atoms with E-state index in [2.05, 4.69) is 60.7 Å². The number of benzene rings is 2. The molecular weight excluding hydrogens is 1130 g/mol. The first-order valence-electron chi connectivity index (χ1n) is 32.1. The Morgan fingerprint density at radius 1 is 0.739 bits per heavy atom. The normalized spacial score (nSPS) is 21.6. The van der Waals surface area contributed by atoms with Gasteiger partial charge in [0.15, 0.2) is 11.5 Å². The molecule has 8 amide bonds. The number of primary amides is 1. The number of carbonyl (C=O) groups is 7. The maximum Gasteiger partial charge on any atom is 0.320 e. The number of hydrogen-bond acceptors (Lipinski definition) is 16. The molecule has 4 aliphatic heterocycles. The van der Waals surface area contributed by atoms with Crippen LogP contribution in [0.3, 0.4) is 0 Å². The minimum absolute atomic E-state index is 0.0463. The van der Waals surface area contributed by atoms with Crippen LogP contribution in [0.4, 0.5) is 22.1 Å². The molecule has 1 aromatic heterocycles. The van der Waals surface area contributed by atoms with E-state index in [0.29, 0.717) is 84.1 Å². The third-order valence-corrected chi connectivity index (χ3v) is 18.4. The minimum atomic E-state index is -0.821. The lowest BCUT2D eigenvalue weighted by Crippen LogP contribution is -2.58. The van der Waals surface area contributed by atoms with Crippen LogP contribution >= 0.6 is 0 Å². The van der Waals surface area contributed by atoms with E-state index in [0.717, 1.165) is 94.8 Å². The van der Waals surface area contributed by atoms with Gasteiger partial charge in [0.25, 0.3) is 5.91 Å². The summed E-state index contributed by atoms with van der Waals surface area (Å²) >= 11 is 0. The molecule has 0 spiro atoms. The first-order valence-corrected chi connectivity index (χ1v) is 32.1. The summed E-state index contributed by atoms with van der Waals surface area (Å²) in [5.74, 6) is -0.547. The highest BCUT2D eigenvalue weighted by molar-refractivity contribution is 5.96. The maximum absolute atomic E-state index is 14.7. The number of piperidine rings is 2. The maximum atomic E-state index is 14.7. The monoisotopic (exact) mass is 1220 g/mol. The Kier molecular flexibility index (Phi) is 24.2. The van der Waals surface area contributed by atoms with Crippen molar-refractivity contribution in [1.29, 1.82) is 0 Å². The first kappa shape index (κ1) is 65.5. The van der Waals surface area contributed by atoms with E-state index < -0.39 is 30.1 Å². The van der Waals surface area contributed by atoms with Gasteiger partial charge >= 0.3 is 6.03 Å². The number of anilines is 3. The van der Waals surface area contributed by atoms with E-state index in [1.165, 1.54) is 11.1 Å². The Morgan fingerprint density at radius 2 is 1.43 bits per heavy atom. The molecule has 5 fully saturated rings. The van der Waals surface area contributed by atoms with Gasteiger partial charge in [0, 0.05) is 71.0 Å². The van der Waals surface area contributed by atoms with Crippen LogP contribution in [0.25, 0.3) is 0 Å². The van der Waals surface area contributed by atoms with Crippen LogP contribution in [-0.4, -0.2) is 214 Å². The van der Waals surface area contributed by atoms with Crippen molar-refractivity contribution < 1.29 is 52.5 Å². The number of nitrogens with one attached hydrogen (secondary N) is 5. The van der Waals surface area contributed by atoms with E-state index in [-0.39, 0.29) is 104 Å². The number of likely N-dealkylation sites (N-methyl/N-ethyl adjacent to an activating group) is 2. The van der Waals surface area contributed by atoms with Crippen LogP contribution in [0.15, 0.2) is 54.7 Å². The summed E-state index contributed by atoms with van der Waals surface area (Å²) in [6, 6.07) is 13.5. The average Bonchev–Trinajstić information content (AvgIpc) is 3.42. The van der Waals surface area contributed by atoms with Crippen molar-refractivity contribution in [3.05, 3.63) is 77.1 Å². The van der Waals surface area contributed by atoms with Crippen molar-refractivity contribution in [3.63, 3.8) is 0 Å². The van der Waals surface area contributed by atoms with Crippen molar-refractivity contribution in [2.24, 2.45) is 11.7 Å². The molecule has 88 heavy (non-hydrogen) atoms. The van der Waals surface area contributed by atoms with Gasteiger partial charge in [-0.2, -0.15) is 0 Å². The molecule has 0 radical (unpaired) electrons. The average molecular weight is 1220 g/mol. The number of likely N-dealkylation sites (tertiary alicyclic amines) is 2. The largest absolute Gasteiger partial charge is 0.379 e. The second-order valence-electron chi connectivity index (χ2n) is 24.3. The number of rotatable bonds is 29. The van der Waals surface area contributed by atoms with Crippen molar-refractivity contribution in [2.75, 3.05) is 123 Å². The fraction of sp³-hybridized carbons (Fsp3) is 0.641. The van der Waals surface area contributed by atoms with E-state index in [9.17, 15) is 33.6 Å². The molecule has 9 rings (SSSR count). The van der Waals surface area contributed by atoms with E-state index in [1.54, 1.807) is 30.0 Å². The molecular formula is C64H93N13O11. The Morgan fingerprint density at radius 3 is 2.11 bits per heavy atom. The van der Waals surface area contributed by atoms with Crippen LogP contribution in [0.1, 0.15) is 136 Å². The van der Waals surface area contributed by atoms with Crippen molar-refractivity contribution in [3.8, 4) is 0 Å². The summed E-state index contributed by atoms with van der Waals surface area (Å²) in [6.45, 7) is 8.50. The zero-order valence-corrected chi connectivity index (χ0v) is 51.7. The van der Waals surface area contributed by atoms with Crippen molar-refractivity contribution in [2.45, 2.75) is 145 Å². The Bertz CT molecular complexity index is 2830. The number of nitrogens with two attached hydrogens (primary N) is 1. The number of ether oxygens (including phenoxy) is 4. The molecule has 24 heteroatoms. The molecule has 3 aromatic rings. The van der Waals surface area contributed by atoms with Gasteiger partial charge in [-0.25, -0.2) is 14.8 Å². The lowest BCUT2D eigenvalue weighted by molar-refractivity contribution is -0.143. The Labute approximate surface area is 517 Å². The summed E-state index contributed by atoms with van der Waals surface area (Å²) in [4.78, 5) is 112. The lowest BCUT2D eigenvalue weighted by atomic mass is 9.83. The summed E-state index contributed by atoms with van der Waals surface area (Å²) in [6.07, 6.45) is 13.0. The second-order valence-corrected chi connectivity index (χ2v) is 24.3. The molecule has 24 nitrogen and oxygen atoms in total. The number of fused-ring (bicyclic) bond motifs is 1. The zero-order chi connectivity index (χ0) is 61.9. The number of aryl methyl sites for hydroxylation is 1. The highest BCUT2D eigenvalue weighted by Gasteiger charge is 2.45. The summed E-state index contributed by atoms with van der Waals surface area (Å²) in [7, 11) is 3.53. The predicted octanol–water partition coefficient (Wildman–Crippen LogP) is 4.16. The van der Waals surface area contributed by atoms with Crippen LogP contribution < -0.4 is 37.2 Å². The number of urea groups is 1. The van der Waals surface area contributed by atoms with E-state index in [1.807, 2.05) is 41.1 Å². The number of aromatic nitrogens is 2. The highest BCUT2D eigenvalue weighted by atomic mass is 16.6. The standard InChI is InChI=1S/C64H93N13O11/c1-43(66-2)61(81)72-57(47-12-5-4-6-13-47)63(83)77-41-49(39-53(77)62(82)70-52-17-9-14-46-11-7-8-16-51(46)52)68-55(78)24-31-85-33-35-87-37-38-88-36-34-86-32-25-56(79)74-27-22-45(23-28-74)44-18-20-48(21-19-44)69-60-58(59(65)80)67-40-54(71-60)75-26-10-15-50(42-75)76-30-29-73(3)64(76)84/h7-8,11,16,18-21,40,43,45,47,49-50,52-53,57,66H,4-6,9-10,12-15,17,22-39,41-42H2,1-3H3,(H2,65,80)(H,68,78)(H,69,71)(H,70,82)(H,72,81)/t43-,49-,50+,52+,53-,57-/m0/s1. The van der Waals surface area contributed by atoms with E-state index >= 15 is 0 Å². The summed E-state index contributed by atoms with van der Waals surface area (Å²) in [5.41, 5.74) is 9.97. The highest BCUT2D eigenvalue weighted by Crippen LogP contribution is 2.34. The third-order valence-electron chi connectivity index (χ3n) is 18.4. The topological polar surface area (TPSA) is 285 Å². The fourth-order valence-corrected chi connectivity index (χ4v) is 13.2. The quantitative estimate of drug-likeness (QED) is 0.0532. The molecule has 480 valence electrons. The molecule has 5 heterocycles. The van der Waals surface area contributed by atoms with Gasteiger partial charge in [0.05, 0.1) is 83.6 Å². The summed E-state index contributed by atoms with van der Waals surface area (Å²) < 4.78 is 22.7. The Hall–Kier alpha value is -6.99. The number of hydrogen-bond donors (Lipinski definition) is 6. The van der Waals surface area contributed by atoms with Gasteiger partial charge in [0.1, 0.15) is 17.9 Å².